The van der Waals surface area contributed by atoms with Gasteiger partial charge in [-0.25, -0.2) is 9.59 Å². The average Bonchev–Trinajstić information content (AvgIpc) is 2.99. The Kier molecular flexibility index (Phi) is 21.8. The average molecular weight is 647 g/mol. The fourth-order valence-corrected chi connectivity index (χ4v) is 5.59. The van der Waals surface area contributed by atoms with E-state index in [4.69, 9.17) is 9.47 Å². The molecule has 45 heavy (non-hydrogen) atoms. The van der Waals surface area contributed by atoms with Crippen LogP contribution in [0.25, 0.3) is 0 Å². The van der Waals surface area contributed by atoms with E-state index < -0.39 is 35.7 Å². The Hall–Kier alpha value is -2.81. The van der Waals surface area contributed by atoms with E-state index in [2.05, 4.69) is 24.1 Å². The highest BCUT2D eigenvalue weighted by atomic mass is 32.2. The van der Waals surface area contributed by atoms with Gasteiger partial charge in [0.1, 0.15) is 24.3 Å². The van der Waals surface area contributed by atoms with Crippen LogP contribution in [-0.2, 0) is 30.3 Å². The first-order valence-electron chi connectivity index (χ1n) is 16.8. The molecule has 1 aromatic rings. The van der Waals surface area contributed by atoms with Crippen molar-refractivity contribution in [3.8, 4) is 0 Å². The van der Waals surface area contributed by atoms with Crippen molar-refractivity contribution < 1.29 is 28.7 Å². The molecule has 0 aliphatic carbocycles. The molecule has 9 heteroatoms. The molecule has 0 saturated carbocycles. The normalized spacial score (nSPS) is 12.5. The summed E-state index contributed by atoms with van der Waals surface area (Å²) in [4.78, 5) is 51.4. The number of hydrogen-bond donors (Lipinski definition) is 2. The van der Waals surface area contributed by atoms with Gasteiger partial charge in [-0.1, -0.05) is 139 Å². The summed E-state index contributed by atoms with van der Waals surface area (Å²) in [7, 11) is 0. The molecular formula is C36H58N2O6S. The van der Waals surface area contributed by atoms with Gasteiger partial charge in [0.15, 0.2) is 5.12 Å². The van der Waals surface area contributed by atoms with E-state index in [0.29, 0.717) is 6.42 Å². The van der Waals surface area contributed by atoms with Crippen LogP contribution in [-0.4, -0.2) is 53.1 Å². The largest absolute Gasteiger partial charge is 0.460 e. The summed E-state index contributed by atoms with van der Waals surface area (Å²) in [6.07, 6.45) is 17.3. The summed E-state index contributed by atoms with van der Waals surface area (Å²) in [6.45, 7) is 11.0. The molecule has 0 fully saturated rings. The number of esters is 1. The van der Waals surface area contributed by atoms with Gasteiger partial charge in [-0.2, -0.15) is 0 Å². The molecule has 0 aliphatic heterocycles. The van der Waals surface area contributed by atoms with Crippen LogP contribution in [0.3, 0.4) is 0 Å². The molecule has 2 atom stereocenters. The van der Waals surface area contributed by atoms with Crippen LogP contribution >= 0.6 is 11.8 Å². The fourth-order valence-electron chi connectivity index (χ4n) is 4.73. The zero-order valence-corrected chi connectivity index (χ0v) is 29.0. The lowest BCUT2D eigenvalue weighted by Gasteiger charge is -2.25. The molecule has 1 aromatic carbocycles. The van der Waals surface area contributed by atoms with Crippen LogP contribution in [0.5, 0.6) is 0 Å². The van der Waals surface area contributed by atoms with Gasteiger partial charge in [0.05, 0.1) is 0 Å². The van der Waals surface area contributed by atoms with Gasteiger partial charge in [0.25, 0.3) is 0 Å². The first-order valence-corrected chi connectivity index (χ1v) is 17.8. The number of rotatable bonds is 24. The minimum absolute atomic E-state index is 0.0215. The number of ether oxygens (including phenoxy) is 2. The smallest absolute Gasteiger partial charge is 0.408 e. The van der Waals surface area contributed by atoms with Crippen molar-refractivity contribution in [1.29, 1.82) is 0 Å². The van der Waals surface area contributed by atoms with Crippen LogP contribution in [0.1, 0.15) is 123 Å². The maximum Gasteiger partial charge on any atom is 0.408 e. The third-order valence-corrected chi connectivity index (χ3v) is 8.16. The van der Waals surface area contributed by atoms with Crippen molar-refractivity contribution >= 4 is 34.8 Å². The maximum atomic E-state index is 13.4. The Morgan fingerprint density at radius 2 is 1.38 bits per heavy atom. The number of carbonyl (C=O) groups excluding carboxylic acids is 4. The number of thioether (sulfide) groups is 1. The lowest BCUT2D eigenvalue weighted by atomic mass is 10.0. The van der Waals surface area contributed by atoms with E-state index in [1.165, 1.54) is 70.3 Å². The third-order valence-electron chi connectivity index (χ3n) is 7.13. The molecule has 0 saturated heterocycles. The Bertz CT molecular complexity index is 995. The van der Waals surface area contributed by atoms with E-state index in [1.54, 1.807) is 20.8 Å². The first-order chi connectivity index (χ1) is 21.6. The van der Waals surface area contributed by atoms with Crippen molar-refractivity contribution in [2.24, 2.45) is 0 Å². The maximum absolute atomic E-state index is 13.4. The summed E-state index contributed by atoms with van der Waals surface area (Å²) in [6, 6.07) is 7.15. The molecule has 0 bridgehead atoms. The minimum Gasteiger partial charge on any atom is -0.460 e. The summed E-state index contributed by atoms with van der Waals surface area (Å²) < 4.78 is 10.6. The van der Waals surface area contributed by atoms with Crippen LogP contribution in [0.15, 0.2) is 43.0 Å². The van der Waals surface area contributed by atoms with Crippen LogP contribution in [0, 0.1) is 0 Å². The van der Waals surface area contributed by atoms with Gasteiger partial charge in [-0.15, -0.1) is 0 Å². The quantitative estimate of drug-likeness (QED) is 0.0664. The number of carbonyl (C=O) groups is 4. The minimum atomic E-state index is -1.07. The van der Waals surface area contributed by atoms with E-state index in [0.717, 1.165) is 36.6 Å². The van der Waals surface area contributed by atoms with Crippen LogP contribution in [0.4, 0.5) is 4.79 Å². The fraction of sp³-hybridized carbons (Fsp3) is 0.667. The monoisotopic (exact) mass is 646 g/mol. The zero-order valence-electron chi connectivity index (χ0n) is 28.2. The highest BCUT2D eigenvalue weighted by Crippen LogP contribution is 2.16. The third kappa shape index (κ3) is 21.5. The van der Waals surface area contributed by atoms with Crippen molar-refractivity contribution in [2.75, 3.05) is 12.4 Å². The Morgan fingerprint density at radius 3 is 1.91 bits per heavy atom. The van der Waals surface area contributed by atoms with E-state index in [9.17, 15) is 19.2 Å². The Balaban J connectivity index is 2.57. The van der Waals surface area contributed by atoms with Gasteiger partial charge in [0.2, 0.25) is 5.91 Å². The topological polar surface area (TPSA) is 111 Å². The van der Waals surface area contributed by atoms with Gasteiger partial charge in [-0.3, -0.25) is 9.59 Å². The number of benzene rings is 1. The standard InChI is InChI=1S/C36H58N2O6S/c1-6-8-9-10-11-12-13-14-15-16-17-18-22-25-32(39)45-28-31(34(41)43-26-7-2)37-33(40)30(27-29-23-20-19-21-24-29)38-35(42)44-36(3,4)5/h7,19-21,23-24,30-31H,2,6,8-18,22,25-28H2,1,3-5H3,(H,37,40)(H,38,42)/t30-,31-/m0/s1. The van der Waals surface area contributed by atoms with Gasteiger partial charge < -0.3 is 20.1 Å². The molecule has 254 valence electrons. The van der Waals surface area contributed by atoms with Gasteiger partial charge in [0, 0.05) is 18.6 Å². The van der Waals surface area contributed by atoms with Gasteiger partial charge in [-0.05, 0) is 32.8 Å². The van der Waals surface area contributed by atoms with Crippen LogP contribution in [0.2, 0.25) is 0 Å². The van der Waals surface area contributed by atoms with E-state index in [-0.39, 0.29) is 23.9 Å². The highest BCUT2D eigenvalue weighted by molar-refractivity contribution is 8.13. The molecule has 0 radical (unpaired) electrons. The Labute approximate surface area is 276 Å². The molecule has 0 heterocycles. The van der Waals surface area contributed by atoms with E-state index in [1.807, 2.05) is 30.3 Å². The molecule has 0 spiro atoms. The summed E-state index contributed by atoms with van der Waals surface area (Å²) in [5.41, 5.74) is 0.0703. The highest BCUT2D eigenvalue weighted by Gasteiger charge is 2.30. The van der Waals surface area contributed by atoms with Crippen molar-refractivity contribution in [3.63, 3.8) is 0 Å². The molecular weight excluding hydrogens is 588 g/mol. The lowest BCUT2D eigenvalue weighted by Crippen LogP contribution is -2.54. The predicted octanol–water partition coefficient (Wildman–Crippen LogP) is 8.08. The van der Waals surface area contributed by atoms with Crippen molar-refractivity contribution in [1.82, 2.24) is 10.6 Å². The molecule has 1 rings (SSSR count). The molecule has 0 aromatic heterocycles. The number of nitrogens with one attached hydrogen (secondary N) is 2. The zero-order chi connectivity index (χ0) is 33.3. The number of alkyl carbamates (subject to hydrolysis) is 1. The molecule has 0 unspecified atom stereocenters. The van der Waals surface area contributed by atoms with Crippen LogP contribution < -0.4 is 10.6 Å². The molecule has 0 aliphatic rings. The van der Waals surface area contributed by atoms with Gasteiger partial charge >= 0.3 is 12.1 Å². The number of unbranched alkanes of at least 4 members (excludes halogenated alkanes) is 12. The number of hydrogen-bond acceptors (Lipinski definition) is 7. The second-order valence-corrected chi connectivity index (χ2v) is 13.6. The second kappa shape index (κ2) is 24.4. The summed E-state index contributed by atoms with van der Waals surface area (Å²) >= 11 is 1.02. The Morgan fingerprint density at radius 1 is 0.822 bits per heavy atom. The predicted molar refractivity (Wildman–Crippen MR) is 184 cm³/mol. The molecule has 8 nitrogen and oxygen atoms in total. The molecule has 2 amide bonds. The SMILES string of the molecule is C=CCOC(=O)[C@H](CSC(=O)CCCCCCCCCCCCCCC)NC(=O)[C@H](Cc1ccccc1)NC(=O)OC(C)(C)C. The molecule has 2 N–H and O–H groups in total. The lowest BCUT2D eigenvalue weighted by molar-refractivity contribution is -0.146. The second-order valence-electron chi connectivity index (χ2n) is 12.5. The van der Waals surface area contributed by atoms with Crippen molar-refractivity contribution in [2.45, 2.75) is 142 Å². The first kappa shape index (κ1) is 40.2. The van der Waals surface area contributed by atoms with Crippen molar-refractivity contribution in [3.05, 3.63) is 48.6 Å². The number of amides is 2. The van der Waals surface area contributed by atoms with E-state index >= 15 is 0 Å². The summed E-state index contributed by atoms with van der Waals surface area (Å²) in [5, 5.41) is 5.30. The summed E-state index contributed by atoms with van der Waals surface area (Å²) in [5.74, 6) is -1.21.